The van der Waals surface area contributed by atoms with Gasteiger partial charge in [-0.3, -0.25) is 4.68 Å². The molecule has 0 radical (unpaired) electrons. The van der Waals surface area contributed by atoms with Gasteiger partial charge in [0, 0.05) is 38.3 Å². The van der Waals surface area contributed by atoms with E-state index < -0.39 is 0 Å². The first-order valence-corrected chi connectivity index (χ1v) is 6.39. The van der Waals surface area contributed by atoms with E-state index in [0.717, 1.165) is 36.0 Å². The molecule has 0 saturated heterocycles. The number of nitrogens with one attached hydrogen (secondary N) is 1. The SMILES string of the molecule is Cc1nn(C)c(Cl)c1CN(C)CCNC(C)C. The van der Waals surface area contributed by atoms with Crippen LogP contribution in [-0.4, -0.2) is 40.9 Å². The smallest absolute Gasteiger partial charge is 0.131 e. The summed E-state index contributed by atoms with van der Waals surface area (Å²) in [5.41, 5.74) is 2.14. The Labute approximate surface area is 109 Å². The number of rotatable bonds is 6. The quantitative estimate of drug-likeness (QED) is 0.845. The molecule has 1 N–H and O–H groups in total. The molecule has 0 atom stereocenters. The molecule has 0 unspecified atom stereocenters. The van der Waals surface area contributed by atoms with Crippen LogP contribution in [0.15, 0.2) is 0 Å². The molecular formula is C12H23ClN4. The zero-order valence-electron chi connectivity index (χ0n) is 11.4. The summed E-state index contributed by atoms with van der Waals surface area (Å²) in [6, 6.07) is 0.534. The van der Waals surface area contributed by atoms with Crippen LogP contribution >= 0.6 is 11.6 Å². The molecule has 4 nitrogen and oxygen atoms in total. The molecule has 0 spiro atoms. The minimum atomic E-state index is 0.534. The molecule has 0 aliphatic heterocycles. The first-order valence-electron chi connectivity index (χ1n) is 6.01. The molecule has 1 rings (SSSR count). The Morgan fingerprint density at radius 3 is 2.59 bits per heavy atom. The van der Waals surface area contributed by atoms with E-state index in [4.69, 9.17) is 11.6 Å². The molecule has 0 aliphatic carbocycles. The van der Waals surface area contributed by atoms with Gasteiger partial charge in [-0.1, -0.05) is 25.4 Å². The summed E-state index contributed by atoms with van der Waals surface area (Å²) in [6.07, 6.45) is 0. The van der Waals surface area contributed by atoms with Crippen molar-refractivity contribution in [1.82, 2.24) is 20.0 Å². The van der Waals surface area contributed by atoms with Gasteiger partial charge in [0.05, 0.1) is 5.69 Å². The van der Waals surface area contributed by atoms with Crippen molar-refractivity contribution in [3.8, 4) is 0 Å². The van der Waals surface area contributed by atoms with Crippen LogP contribution in [0.4, 0.5) is 0 Å². The maximum atomic E-state index is 6.20. The number of aromatic nitrogens is 2. The van der Waals surface area contributed by atoms with Crippen LogP contribution in [0, 0.1) is 6.92 Å². The summed E-state index contributed by atoms with van der Waals surface area (Å²) < 4.78 is 1.73. The van der Waals surface area contributed by atoms with Crippen molar-refractivity contribution < 1.29 is 0 Å². The zero-order chi connectivity index (χ0) is 13.0. The molecule has 1 aromatic rings. The van der Waals surface area contributed by atoms with E-state index in [1.54, 1.807) is 4.68 Å². The maximum Gasteiger partial charge on any atom is 0.131 e. The number of hydrogen-bond acceptors (Lipinski definition) is 3. The average Bonchev–Trinajstić information content (AvgIpc) is 2.44. The van der Waals surface area contributed by atoms with E-state index in [1.807, 2.05) is 14.0 Å². The number of hydrogen-bond donors (Lipinski definition) is 1. The molecule has 0 aromatic carbocycles. The Balaban J connectivity index is 2.47. The number of likely N-dealkylation sites (N-methyl/N-ethyl adjacent to an activating group) is 1. The van der Waals surface area contributed by atoms with Gasteiger partial charge in [0.1, 0.15) is 5.15 Å². The van der Waals surface area contributed by atoms with Gasteiger partial charge in [0.15, 0.2) is 0 Å². The molecule has 17 heavy (non-hydrogen) atoms. The lowest BCUT2D eigenvalue weighted by Crippen LogP contribution is -2.32. The van der Waals surface area contributed by atoms with Crippen LogP contribution in [0.25, 0.3) is 0 Å². The highest BCUT2D eigenvalue weighted by molar-refractivity contribution is 6.30. The van der Waals surface area contributed by atoms with E-state index >= 15 is 0 Å². The second-order valence-electron chi connectivity index (χ2n) is 4.82. The van der Waals surface area contributed by atoms with Gasteiger partial charge >= 0.3 is 0 Å². The van der Waals surface area contributed by atoms with E-state index in [-0.39, 0.29) is 0 Å². The predicted octanol–water partition coefficient (Wildman–Crippen LogP) is 1.81. The highest BCUT2D eigenvalue weighted by Gasteiger charge is 2.12. The van der Waals surface area contributed by atoms with Crippen LogP contribution in [0.1, 0.15) is 25.1 Å². The summed E-state index contributed by atoms with van der Waals surface area (Å²) in [6.45, 7) is 9.15. The van der Waals surface area contributed by atoms with Crippen molar-refractivity contribution in [2.24, 2.45) is 7.05 Å². The lowest BCUT2D eigenvalue weighted by molar-refractivity contribution is 0.319. The van der Waals surface area contributed by atoms with Crippen molar-refractivity contribution in [2.75, 3.05) is 20.1 Å². The normalized spacial score (nSPS) is 11.8. The molecule has 0 amide bonds. The standard InChI is InChI=1S/C12H23ClN4/c1-9(2)14-6-7-16(4)8-11-10(3)15-17(5)12(11)13/h9,14H,6-8H2,1-5H3. The topological polar surface area (TPSA) is 33.1 Å². The van der Waals surface area contributed by atoms with Crippen LogP contribution in [0.3, 0.4) is 0 Å². The zero-order valence-corrected chi connectivity index (χ0v) is 12.2. The lowest BCUT2D eigenvalue weighted by Gasteiger charge is -2.18. The fourth-order valence-electron chi connectivity index (χ4n) is 1.75. The van der Waals surface area contributed by atoms with Gasteiger partial charge < -0.3 is 10.2 Å². The van der Waals surface area contributed by atoms with Crippen molar-refractivity contribution in [3.63, 3.8) is 0 Å². The fraction of sp³-hybridized carbons (Fsp3) is 0.750. The van der Waals surface area contributed by atoms with Gasteiger partial charge in [0.2, 0.25) is 0 Å². The second kappa shape index (κ2) is 6.38. The van der Waals surface area contributed by atoms with E-state index in [2.05, 4.69) is 36.2 Å². The van der Waals surface area contributed by atoms with Gasteiger partial charge in [-0.25, -0.2) is 0 Å². The molecule has 98 valence electrons. The molecule has 0 fully saturated rings. The van der Waals surface area contributed by atoms with Crippen LogP contribution in [-0.2, 0) is 13.6 Å². The lowest BCUT2D eigenvalue weighted by atomic mass is 10.2. The molecule has 0 aliphatic rings. The highest BCUT2D eigenvalue weighted by Crippen LogP contribution is 2.19. The Bertz CT molecular complexity index is 360. The first kappa shape index (κ1) is 14.5. The third-order valence-corrected chi connectivity index (χ3v) is 3.22. The molecule has 1 aromatic heterocycles. The molecular weight excluding hydrogens is 236 g/mol. The van der Waals surface area contributed by atoms with Gasteiger partial charge in [-0.05, 0) is 14.0 Å². The summed E-state index contributed by atoms with van der Waals surface area (Å²) >= 11 is 6.20. The Morgan fingerprint density at radius 1 is 1.47 bits per heavy atom. The van der Waals surface area contributed by atoms with Crippen molar-refractivity contribution in [3.05, 3.63) is 16.4 Å². The number of halogens is 1. The summed E-state index contributed by atoms with van der Waals surface area (Å²) in [7, 11) is 3.98. The van der Waals surface area contributed by atoms with Crippen molar-refractivity contribution in [2.45, 2.75) is 33.4 Å². The van der Waals surface area contributed by atoms with Crippen molar-refractivity contribution in [1.29, 1.82) is 0 Å². The largest absolute Gasteiger partial charge is 0.313 e. The highest BCUT2D eigenvalue weighted by atomic mass is 35.5. The maximum absolute atomic E-state index is 6.20. The minimum Gasteiger partial charge on any atom is -0.313 e. The second-order valence-corrected chi connectivity index (χ2v) is 5.18. The van der Waals surface area contributed by atoms with Gasteiger partial charge in [-0.15, -0.1) is 0 Å². The van der Waals surface area contributed by atoms with E-state index in [9.17, 15) is 0 Å². The van der Waals surface area contributed by atoms with Crippen LogP contribution in [0.2, 0.25) is 5.15 Å². The molecule has 0 bridgehead atoms. The number of aryl methyl sites for hydroxylation is 2. The number of nitrogens with zero attached hydrogens (tertiary/aromatic N) is 3. The molecule has 0 saturated carbocycles. The Kier molecular flexibility index (Phi) is 5.43. The summed E-state index contributed by atoms with van der Waals surface area (Å²) in [5.74, 6) is 0. The molecule has 1 heterocycles. The van der Waals surface area contributed by atoms with Crippen molar-refractivity contribution >= 4 is 11.6 Å². The molecule has 5 heteroatoms. The Morgan fingerprint density at radius 2 is 2.12 bits per heavy atom. The Hall–Kier alpha value is -0.580. The summed E-state index contributed by atoms with van der Waals surface area (Å²) in [4.78, 5) is 2.26. The van der Waals surface area contributed by atoms with Crippen LogP contribution < -0.4 is 5.32 Å². The minimum absolute atomic E-state index is 0.534. The first-order chi connectivity index (χ1) is 7.91. The van der Waals surface area contributed by atoms with Crippen LogP contribution in [0.5, 0.6) is 0 Å². The predicted molar refractivity (Wildman–Crippen MR) is 72.4 cm³/mol. The monoisotopic (exact) mass is 258 g/mol. The summed E-state index contributed by atoms with van der Waals surface area (Å²) in [5, 5.41) is 8.46. The average molecular weight is 259 g/mol. The fourth-order valence-corrected chi connectivity index (χ4v) is 1.98. The van der Waals surface area contributed by atoms with Gasteiger partial charge in [0.25, 0.3) is 0 Å². The van der Waals surface area contributed by atoms with Gasteiger partial charge in [-0.2, -0.15) is 5.10 Å². The van der Waals surface area contributed by atoms with E-state index in [1.165, 1.54) is 0 Å². The third kappa shape index (κ3) is 4.30. The van der Waals surface area contributed by atoms with E-state index in [0.29, 0.717) is 6.04 Å². The third-order valence-electron chi connectivity index (χ3n) is 2.74.